The molecule has 100 valence electrons. The van der Waals surface area contributed by atoms with E-state index in [4.69, 9.17) is 5.73 Å². The Morgan fingerprint density at radius 1 is 1.11 bits per heavy atom. The van der Waals surface area contributed by atoms with Gasteiger partial charge in [-0.15, -0.1) is 0 Å². The molecule has 0 bridgehead atoms. The highest BCUT2D eigenvalue weighted by Gasteiger charge is 2.07. The van der Waals surface area contributed by atoms with Gasteiger partial charge in [0.1, 0.15) is 5.82 Å². The molecule has 0 saturated carbocycles. The molecule has 2 rings (SSSR count). The second-order valence-corrected chi connectivity index (χ2v) is 4.64. The number of nitrogens with two attached hydrogens (primary N) is 1. The van der Waals surface area contributed by atoms with Crippen molar-refractivity contribution in [3.05, 3.63) is 59.9 Å². The third-order valence-electron chi connectivity index (χ3n) is 3.02. The topological polar surface area (TPSA) is 29.3 Å². The maximum absolute atomic E-state index is 12.9. The molecule has 0 spiro atoms. The summed E-state index contributed by atoms with van der Waals surface area (Å²) in [6.45, 7) is 3.85. The summed E-state index contributed by atoms with van der Waals surface area (Å²) in [4.78, 5) is 2.25. The Morgan fingerprint density at radius 2 is 1.84 bits per heavy atom. The maximum Gasteiger partial charge on any atom is 0.123 e. The number of halogens is 1. The molecule has 0 heterocycles. The second kappa shape index (κ2) is 6.23. The normalized spacial score (nSPS) is 10.4. The molecular weight excluding hydrogens is 239 g/mol. The van der Waals surface area contributed by atoms with Crippen molar-refractivity contribution >= 4 is 11.4 Å². The zero-order valence-corrected chi connectivity index (χ0v) is 11.1. The van der Waals surface area contributed by atoms with Crippen molar-refractivity contribution in [2.24, 2.45) is 0 Å². The van der Waals surface area contributed by atoms with Crippen LogP contribution in [0.15, 0.2) is 48.5 Å². The average Bonchev–Trinajstić information content (AvgIpc) is 2.41. The van der Waals surface area contributed by atoms with Gasteiger partial charge in [-0.05, 0) is 42.3 Å². The zero-order chi connectivity index (χ0) is 13.7. The predicted octanol–water partition coefficient (Wildman–Crippen LogP) is 3.82. The summed E-state index contributed by atoms with van der Waals surface area (Å²) in [7, 11) is 0. The first kappa shape index (κ1) is 13.4. The Morgan fingerprint density at radius 3 is 2.47 bits per heavy atom. The van der Waals surface area contributed by atoms with Crippen LogP contribution in [0, 0.1) is 5.82 Å². The Bertz CT molecular complexity index is 523. The van der Waals surface area contributed by atoms with Crippen molar-refractivity contribution < 1.29 is 4.39 Å². The Labute approximate surface area is 113 Å². The quantitative estimate of drug-likeness (QED) is 0.826. The highest BCUT2D eigenvalue weighted by molar-refractivity contribution is 5.56. The molecule has 0 atom stereocenters. The van der Waals surface area contributed by atoms with Crippen LogP contribution < -0.4 is 10.6 Å². The van der Waals surface area contributed by atoms with Gasteiger partial charge in [-0.1, -0.05) is 25.1 Å². The summed E-state index contributed by atoms with van der Waals surface area (Å²) in [5, 5.41) is 0. The molecule has 0 fully saturated rings. The first-order valence-corrected chi connectivity index (χ1v) is 6.54. The number of benzene rings is 2. The highest BCUT2D eigenvalue weighted by Crippen LogP contribution is 2.20. The highest BCUT2D eigenvalue weighted by atomic mass is 19.1. The lowest BCUT2D eigenvalue weighted by atomic mass is 10.1. The van der Waals surface area contributed by atoms with E-state index < -0.39 is 0 Å². The van der Waals surface area contributed by atoms with Gasteiger partial charge in [-0.25, -0.2) is 4.39 Å². The van der Waals surface area contributed by atoms with Gasteiger partial charge in [0.2, 0.25) is 0 Å². The van der Waals surface area contributed by atoms with E-state index in [0.29, 0.717) is 0 Å². The number of hydrogen-bond donors (Lipinski definition) is 1. The maximum atomic E-state index is 12.9. The van der Waals surface area contributed by atoms with E-state index in [9.17, 15) is 4.39 Å². The summed E-state index contributed by atoms with van der Waals surface area (Å²) in [5.74, 6) is -0.199. The van der Waals surface area contributed by atoms with Crippen molar-refractivity contribution in [1.29, 1.82) is 0 Å². The number of anilines is 2. The molecule has 19 heavy (non-hydrogen) atoms. The van der Waals surface area contributed by atoms with Gasteiger partial charge in [0.05, 0.1) is 0 Å². The summed E-state index contributed by atoms with van der Waals surface area (Å²) >= 11 is 0. The SMILES string of the molecule is CCCN(Cc1ccc(F)cc1)c1cccc(N)c1. The Balaban J connectivity index is 2.18. The molecule has 0 unspecified atom stereocenters. The smallest absolute Gasteiger partial charge is 0.123 e. The van der Waals surface area contributed by atoms with E-state index in [0.717, 1.165) is 36.4 Å². The van der Waals surface area contributed by atoms with E-state index in [2.05, 4.69) is 17.9 Å². The number of nitrogen functional groups attached to an aromatic ring is 1. The van der Waals surface area contributed by atoms with Crippen LogP contribution in [0.5, 0.6) is 0 Å². The lowest BCUT2D eigenvalue weighted by Crippen LogP contribution is -2.23. The molecule has 0 saturated heterocycles. The van der Waals surface area contributed by atoms with Crippen molar-refractivity contribution in [1.82, 2.24) is 0 Å². The summed E-state index contributed by atoms with van der Waals surface area (Å²) in [6, 6.07) is 14.5. The molecule has 2 aromatic rings. The molecular formula is C16H19FN2. The monoisotopic (exact) mass is 258 g/mol. The summed E-state index contributed by atoms with van der Waals surface area (Å²) in [5.41, 5.74) is 8.79. The molecule has 2 aromatic carbocycles. The molecule has 2 nitrogen and oxygen atoms in total. The predicted molar refractivity (Wildman–Crippen MR) is 78.6 cm³/mol. The summed E-state index contributed by atoms with van der Waals surface area (Å²) < 4.78 is 12.9. The van der Waals surface area contributed by atoms with Crippen molar-refractivity contribution in [2.75, 3.05) is 17.2 Å². The molecule has 0 amide bonds. The van der Waals surface area contributed by atoms with Gasteiger partial charge in [-0.3, -0.25) is 0 Å². The van der Waals surface area contributed by atoms with E-state index >= 15 is 0 Å². The van der Waals surface area contributed by atoms with Gasteiger partial charge < -0.3 is 10.6 Å². The van der Waals surface area contributed by atoms with Crippen LogP contribution in [0.25, 0.3) is 0 Å². The third-order valence-corrected chi connectivity index (χ3v) is 3.02. The molecule has 2 N–H and O–H groups in total. The van der Waals surface area contributed by atoms with Crippen molar-refractivity contribution in [3.63, 3.8) is 0 Å². The van der Waals surface area contributed by atoms with Crippen LogP contribution in [0.1, 0.15) is 18.9 Å². The fourth-order valence-corrected chi connectivity index (χ4v) is 2.10. The van der Waals surface area contributed by atoms with Crippen LogP contribution in [-0.2, 0) is 6.54 Å². The fourth-order valence-electron chi connectivity index (χ4n) is 2.10. The zero-order valence-electron chi connectivity index (χ0n) is 11.1. The van der Waals surface area contributed by atoms with Gasteiger partial charge >= 0.3 is 0 Å². The van der Waals surface area contributed by atoms with E-state index in [1.54, 1.807) is 0 Å². The number of nitrogens with zero attached hydrogens (tertiary/aromatic N) is 1. The minimum absolute atomic E-state index is 0.199. The Hall–Kier alpha value is -2.03. The van der Waals surface area contributed by atoms with E-state index in [-0.39, 0.29) is 5.82 Å². The molecule has 0 aliphatic heterocycles. The van der Waals surface area contributed by atoms with Gasteiger partial charge in [-0.2, -0.15) is 0 Å². The van der Waals surface area contributed by atoms with E-state index in [1.807, 2.05) is 30.3 Å². The molecule has 3 heteroatoms. The standard InChI is InChI=1S/C16H19FN2/c1-2-10-19(16-5-3-4-15(18)11-16)12-13-6-8-14(17)9-7-13/h3-9,11H,2,10,12,18H2,1H3. The van der Waals surface area contributed by atoms with E-state index in [1.165, 1.54) is 12.1 Å². The van der Waals surface area contributed by atoms with Gasteiger partial charge in [0.15, 0.2) is 0 Å². The van der Waals surface area contributed by atoms with Crippen LogP contribution >= 0.6 is 0 Å². The summed E-state index contributed by atoms with van der Waals surface area (Å²) in [6.07, 6.45) is 1.05. The minimum Gasteiger partial charge on any atom is -0.399 e. The van der Waals surface area contributed by atoms with Crippen LogP contribution in [-0.4, -0.2) is 6.54 Å². The Kier molecular flexibility index (Phi) is 4.39. The average molecular weight is 258 g/mol. The molecule has 0 aliphatic rings. The first-order chi connectivity index (χ1) is 9.19. The number of hydrogen-bond acceptors (Lipinski definition) is 2. The van der Waals surface area contributed by atoms with Gasteiger partial charge in [0, 0.05) is 24.5 Å². The van der Waals surface area contributed by atoms with Crippen molar-refractivity contribution in [2.45, 2.75) is 19.9 Å². The van der Waals surface area contributed by atoms with Crippen LogP contribution in [0.4, 0.5) is 15.8 Å². The second-order valence-electron chi connectivity index (χ2n) is 4.64. The lowest BCUT2D eigenvalue weighted by molar-refractivity contribution is 0.626. The minimum atomic E-state index is -0.199. The molecule has 0 aromatic heterocycles. The van der Waals surface area contributed by atoms with Crippen LogP contribution in [0.3, 0.4) is 0 Å². The largest absolute Gasteiger partial charge is 0.399 e. The first-order valence-electron chi connectivity index (χ1n) is 6.54. The van der Waals surface area contributed by atoms with Gasteiger partial charge in [0.25, 0.3) is 0 Å². The fraction of sp³-hybridized carbons (Fsp3) is 0.250. The van der Waals surface area contributed by atoms with Crippen molar-refractivity contribution in [3.8, 4) is 0 Å². The molecule has 0 aliphatic carbocycles. The third kappa shape index (κ3) is 3.71. The number of rotatable bonds is 5. The lowest BCUT2D eigenvalue weighted by Gasteiger charge is -2.24. The van der Waals surface area contributed by atoms with Crippen LogP contribution in [0.2, 0.25) is 0 Å². The molecule has 0 radical (unpaired) electrons.